The molecule has 0 radical (unpaired) electrons. The van der Waals surface area contributed by atoms with Gasteiger partial charge in [-0.15, -0.1) is 0 Å². The molecule has 286 valence electrons. The molecule has 0 N–H and O–H groups in total. The molecule has 0 aliphatic rings. The first kappa shape index (κ1) is 35.9. The Morgan fingerprint density at radius 1 is 0.246 bits per heavy atom. The molecule has 2 heterocycles. The second-order valence-electron chi connectivity index (χ2n) is 15.2. The van der Waals surface area contributed by atoms with E-state index in [1.54, 1.807) is 0 Å². The van der Waals surface area contributed by atoms with E-state index < -0.39 is 0 Å². The van der Waals surface area contributed by atoms with E-state index in [0.29, 0.717) is 17.5 Å². The largest absolute Gasteiger partial charge is 0.456 e. The number of benzene rings is 9. The zero-order valence-electron chi connectivity index (χ0n) is 33.1. The summed E-state index contributed by atoms with van der Waals surface area (Å²) in [7, 11) is 0. The standard InChI is InChI=1S/C57H37N3O/c1-5-15-38(16-6-1)40-27-29-42(30-28-40)48-33-31-45(36-50(48)41-19-9-3-10-20-41)46-32-34-52-51(37-46)54-49(25-14-26-53(54)61-52)57-59-55(43-21-11-4-12-22-43)58-56(60-57)47-24-13-23-44(35-47)39-17-7-2-8-18-39/h1-37H. The maximum atomic E-state index is 6.54. The Kier molecular flexibility index (Phi) is 9.14. The average Bonchev–Trinajstić information content (AvgIpc) is 3.73. The van der Waals surface area contributed by atoms with Crippen molar-refractivity contribution >= 4 is 21.9 Å². The quantitative estimate of drug-likeness (QED) is 0.154. The topological polar surface area (TPSA) is 51.8 Å². The van der Waals surface area contributed by atoms with Crippen LogP contribution >= 0.6 is 0 Å². The Hall–Kier alpha value is -8.21. The summed E-state index contributed by atoms with van der Waals surface area (Å²) in [6, 6.07) is 78.3. The van der Waals surface area contributed by atoms with E-state index in [4.69, 9.17) is 19.4 Å². The van der Waals surface area contributed by atoms with E-state index in [9.17, 15) is 0 Å². The lowest BCUT2D eigenvalue weighted by Gasteiger charge is -2.14. The molecule has 0 spiro atoms. The number of rotatable bonds is 8. The minimum Gasteiger partial charge on any atom is -0.456 e. The van der Waals surface area contributed by atoms with Crippen LogP contribution in [0.15, 0.2) is 229 Å². The lowest BCUT2D eigenvalue weighted by atomic mass is 9.90. The van der Waals surface area contributed by atoms with Crippen molar-refractivity contribution in [3.05, 3.63) is 224 Å². The van der Waals surface area contributed by atoms with Crippen molar-refractivity contribution in [1.29, 1.82) is 0 Å². The summed E-state index contributed by atoms with van der Waals surface area (Å²) in [5.74, 6) is 1.80. The fraction of sp³-hybridized carbons (Fsp3) is 0. The maximum absolute atomic E-state index is 6.54. The molecule has 0 fully saturated rings. The number of nitrogens with zero attached hydrogens (tertiary/aromatic N) is 3. The summed E-state index contributed by atoms with van der Waals surface area (Å²) in [6.07, 6.45) is 0. The molecule has 9 aromatic carbocycles. The highest BCUT2D eigenvalue weighted by atomic mass is 16.3. The van der Waals surface area contributed by atoms with E-state index >= 15 is 0 Å². The van der Waals surface area contributed by atoms with Gasteiger partial charge in [0.2, 0.25) is 0 Å². The normalized spacial score (nSPS) is 11.3. The van der Waals surface area contributed by atoms with E-state index in [-0.39, 0.29) is 0 Å². The second kappa shape index (κ2) is 15.5. The lowest BCUT2D eigenvalue weighted by molar-refractivity contribution is 0.669. The van der Waals surface area contributed by atoms with Crippen molar-refractivity contribution < 1.29 is 4.42 Å². The van der Waals surface area contributed by atoms with Gasteiger partial charge in [-0.2, -0.15) is 0 Å². The lowest BCUT2D eigenvalue weighted by Crippen LogP contribution is -2.00. The molecule has 0 aliphatic heterocycles. The van der Waals surface area contributed by atoms with Crippen molar-refractivity contribution in [3.8, 4) is 89.8 Å². The Balaban J connectivity index is 1.04. The minimum absolute atomic E-state index is 0.585. The molecule has 0 atom stereocenters. The molecule has 11 aromatic rings. The zero-order chi connectivity index (χ0) is 40.5. The van der Waals surface area contributed by atoms with Crippen molar-refractivity contribution in [2.45, 2.75) is 0 Å². The van der Waals surface area contributed by atoms with Crippen LogP contribution in [0.5, 0.6) is 0 Å². The maximum Gasteiger partial charge on any atom is 0.164 e. The van der Waals surface area contributed by atoms with Crippen LogP contribution in [0.4, 0.5) is 0 Å². The van der Waals surface area contributed by atoms with Crippen LogP contribution in [0.1, 0.15) is 0 Å². The molecule has 4 nitrogen and oxygen atoms in total. The van der Waals surface area contributed by atoms with Gasteiger partial charge in [0.15, 0.2) is 17.5 Å². The average molecular weight is 780 g/mol. The molecule has 0 unspecified atom stereocenters. The molecule has 0 saturated heterocycles. The Morgan fingerprint density at radius 3 is 1.41 bits per heavy atom. The summed E-state index contributed by atoms with van der Waals surface area (Å²) >= 11 is 0. The molecule has 0 aliphatic carbocycles. The smallest absolute Gasteiger partial charge is 0.164 e. The number of fused-ring (bicyclic) bond motifs is 3. The summed E-state index contributed by atoms with van der Waals surface area (Å²) in [4.78, 5) is 15.4. The molecule has 11 rings (SSSR count). The summed E-state index contributed by atoms with van der Waals surface area (Å²) in [5, 5.41) is 1.96. The van der Waals surface area contributed by atoms with Gasteiger partial charge in [0.1, 0.15) is 11.2 Å². The molecule has 2 aromatic heterocycles. The van der Waals surface area contributed by atoms with Crippen LogP contribution in [-0.4, -0.2) is 15.0 Å². The Morgan fingerprint density at radius 2 is 0.705 bits per heavy atom. The summed E-state index contributed by atoms with van der Waals surface area (Å²) < 4.78 is 6.54. The van der Waals surface area contributed by atoms with Gasteiger partial charge < -0.3 is 4.42 Å². The fourth-order valence-corrected chi connectivity index (χ4v) is 8.31. The number of furan rings is 1. The Bertz CT molecular complexity index is 3320. The van der Waals surface area contributed by atoms with Crippen molar-refractivity contribution in [1.82, 2.24) is 15.0 Å². The summed E-state index contributed by atoms with van der Waals surface area (Å²) in [5.41, 5.74) is 15.8. The van der Waals surface area contributed by atoms with E-state index in [2.05, 4.69) is 176 Å². The SMILES string of the molecule is c1ccc(-c2ccc(-c3ccc(-c4ccc5oc6cccc(-c7nc(-c8ccccc8)nc(-c8cccc(-c9ccccc9)c8)n7)c6c5c4)cc3-c3ccccc3)cc2)cc1. The van der Waals surface area contributed by atoms with Crippen molar-refractivity contribution in [2.75, 3.05) is 0 Å². The second-order valence-corrected chi connectivity index (χ2v) is 15.2. The third-order valence-corrected chi connectivity index (χ3v) is 11.4. The van der Waals surface area contributed by atoms with Gasteiger partial charge in [0, 0.05) is 27.5 Å². The monoisotopic (exact) mass is 779 g/mol. The van der Waals surface area contributed by atoms with Gasteiger partial charge in [0.25, 0.3) is 0 Å². The molecule has 4 heteroatoms. The van der Waals surface area contributed by atoms with Crippen molar-refractivity contribution in [2.24, 2.45) is 0 Å². The molecule has 0 amide bonds. The van der Waals surface area contributed by atoms with Crippen molar-refractivity contribution in [3.63, 3.8) is 0 Å². The highest BCUT2D eigenvalue weighted by Crippen LogP contribution is 2.41. The first-order valence-corrected chi connectivity index (χ1v) is 20.5. The van der Waals surface area contributed by atoms with Crippen LogP contribution in [0, 0.1) is 0 Å². The highest BCUT2D eigenvalue weighted by molar-refractivity contribution is 6.13. The van der Waals surface area contributed by atoms with Crippen LogP contribution < -0.4 is 0 Å². The van der Waals surface area contributed by atoms with Gasteiger partial charge in [-0.05, 0) is 86.0 Å². The van der Waals surface area contributed by atoms with Gasteiger partial charge in [-0.3, -0.25) is 0 Å². The molecular weight excluding hydrogens is 743 g/mol. The van der Waals surface area contributed by atoms with Gasteiger partial charge >= 0.3 is 0 Å². The molecule has 0 saturated carbocycles. The Labute approximate surface area is 354 Å². The minimum atomic E-state index is 0.585. The zero-order valence-corrected chi connectivity index (χ0v) is 33.1. The van der Waals surface area contributed by atoms with Gasteiger partial charge in [-0.1, -0.05) is 194 Å². The third-order valence-electron chi connectivity index (χ3n) is 11.4. The number of hydrogen-bond donors (Lipinski definition) is 0. The first-order valence-electron chi connectivity index (χ1n) is 20.5. The molecular formula is C57H37N3O. The van der Waals surface area contributed by atoms with Crippen LogP contribution in [0.2, 0.25) is 0 Å². The van der Waals surface area contributed by atoms with Gasteiger partial charge in [-0.25, -0.2) is 15.0 Å². The van der Waals surface area contributed by atoms with Gasteiger partial charge in [0.05, 0.1) is 0 Å². The van der Waals surface area contributed by atoms with Crippen LogP contribution in [0.3, 0.4) is 0 Å². The van der Waals surface area contributed by atoms with Crippen LogP contribution in [-0.2, 0) is 0 Å². The fourth-order valence-electron chi connectivity index (χ4n) is 8.31. The van der Waals surface area contributed by atoms with E-state index in [1.807, 2.05) is 48.5 Å². The predicted molar refractivity (Wildman–Crippen MR) is 251 cm³/mol. The molecule has 0 bridgehead atoms. The third kappa shape index (κ3) is 6.96. The number of aromatic nitrogens is 3. The summed E-state index contributed by atoms with van der Waals surface area (Å²) in [6.45, 7) is 0. The van der Waals surface area contributed by atoms with E-state index in [0.717, 1.165) is 66.4 Å². The predicted octanol–water partition coefficient (Wildman–Crippen LogP) is 15.1. The molecule has 61 heavy (non-hydrogen) atoms. The number of hydrogen-bond acceptors (Lipinski definition) is 4. The van der Waals surface area contributed by atoms with Crippen LogP contribution in [0.25, 0.3) is 112 Å². The highest BCUT2D eigenvalue weighted by Gasteiger charge is 2.19. The van der Waals surface area contributed by atoms with E-state index in [1.165, 1.54) is 27.8 Å². The first-order chi connectivity index (χ1) is 30.2.